The van der Waals surface area contributed by atoms with Crippen molar-refractivity contribution in [2.45, 2.75) is 12.8 Å². The lowest BCUT2D eigenvalue weighted by Crippen LogP contribution is -2.12. The van der Waals surface area contributed by atoms with E-state index >= 15 is 0 Å². The minimum absolute atomic E-state index is 0.127. The van der Waals surface area contributed by atoms with Gasteiger partial charge < -0.3 is 10.1 Å². The standard InChI is InChI=1S/C10H14N4O3/c15-14(16)9-6-12-10(13-7-9)17-4-2-8-1-3-11-5-8/h6-8,11H,1-5H2. The van der Waals surface area contributed by atoms with Gasteiger partial charge in [0.05, 0.1) is 11.5 Å². The van der Waals surface area contributed by atoms with Gasteiger partial charge >= 0.3 is 11.7 Å². The molecule has 17 heavy (non-hydrogen) atoms. The predicted molar refractivity (Wildman–Crippen MR) is 59.8 cm³/mol. The van der Waals surface area contributed by atoms with Crippen LogP contribution in [0.5, 0.6) is 6.01 Å². The van der Waals surface area contributed by atoms with Crippen molar-refractivity contribution in [3.63, 3.8) is 0 Å². The molecule has 1 saturated heterocycles. The van der Waals surface area contributed by atoms with Crippen molar-refractivity contribution in [1.29, 1.82) is 0 Å². The molecule has 1 fully saturated rings. The van der Waals surface area contributed by atoms with Crippen LogP contribution < -0.4 is 10.1 Å². The van der Waals surface area contributed by atoms with Crippen LogP contribution in [0.15, 0.2) is 12.4 Å². The highest BCUT2D eigenvalue weighted by Gasteiger charge is 2.14. The summed E-state index contributed by atoms with van der Waals surface area (Å²) in [6.45, 7) is 2.65. The van der Waals surface area contributed by atoms with Crippen molar-refractivity contribution in [3.8, 4) is 6.01 Å². The van der Waals surface area contributed by atoms with Crippen LogP contribution in [0.1, 0.15) is 12.8 Å². The van der Waals surface area contributed by atoms with Gasteiger partial charge in [0.2, 0.25) is 0 Å². The van der Waals surface area contributed by atoms with Crippen LogP contribution in [0.4, 0.5) is 5.69 Å². The maximum Gasteiger partial charge on any atom is 0.316 e. The van der Waals surface area contributed by atoms with Gasteiger partial charge in [0.15, 0.2) is 0 Å². The zero-order valence-electron chi connectivity index (χ0n) is 9.33. The van der Waals surface area contributed by atoms with Crippen molar-refractivity contribution in [2.75, 3.05) is 19.7 Å². The first-order valence-electron chi connectivity index (χ1n) is 5.55. The molecule has 0 aromatic carbocycles. The molecule has 1 aromatic rings. The minimum atomic E-state index is -0.534. The van der Waals surface area contributed by atoms with Gasteiger partial charge in [-0.15, -0.1) is 0 Å². The van der Waals surface area contributed by atoms with Crippen LogP contribution in [-0.4, -0.2) is 34.6 Å². The average molecular weight is 238 g/mol. The van der Waals surface area contributed by atoms with E-state index < -0.39 is 4.92 Å². The number of nitro groups is 1. The fourth-order valence-electron chi connectivity index (χ4n) is 1.76. The van der Waals surface area contributed by atoms with E-state index in [4.69, 9.17) is 4.74 Å². The number of ether oxygens (including phenoxy) is 1. The van der Waals surface area contributed by atoms with E-state index in [2.05, 4.69) is 15.3 Å². The largest absolute Gasteiger partial charge is 0.463 e. The molecule has 7 nitrogen and oxygen atoms in total. The second kappa shape index (κ2) is 5.53. The Morgan fingerprint density at radius 1 is 1.53 bits per heavy atom. The normalized spacial score (nSPS) is 19.2. The zero-order valence-corrected chi connectivity index (χ0v) is 9.33. The van der Waals surface area contributed by atoms with Gasteiger partial charge in [-0.05, 0) is 31.8 Å². The molecule has 1 aromatic heterocycles. The highest BCUT2D eigenvalue weighted by Crippen LogP contribution is 2.13. The van der Waals surface area contributed by atoms with E-state index in [-0.39, 0.29) is 11.7 Å². The lowest BCUT2D eigenvalue weighted by atomic mass is 10.1. The van der Waals surface area contributed by atoms with Gasteiger partial charge in [-0.2, -0.15) is 9.97 Å². The topological polar surface area (TPSA) is 90.2 Å². The minimum Gasteiger partial charge on any atom is -0.463 e. The van der Waals surface area contributed by atoms with Gasteiger partial charge in [0.1, 0.15) is 12.4 Å². The van der Waals surface area contributed by atoms with Crippen LogP contribution in [0.25, 0.3) is 0 Å². The molecule has 92 valence electrons. The molecule has 2 rings (SSSR count). The molecule has 0 spiro atoms. The fourth-order valence-corrected chi connectivity index (χ4v) is 1.76. The zero-order chi connectivity index (χ0) is 12.1. The number of nitrogens with one attached hydrogen (secondary N) is 1. The molecular formula is C10H14N4O3. The van der Waals surface area contributed by atoms with Crippen molar-refractivity contribution in [3.05, 3.63) is 22.5 Å². The van der Waals surface area contributed by atoms with E-state index in [0.29, 0.717) is 12.5 Å². The molecule has 1 aliphatic heterocycles. The third-order valence-electron chi connectivity index (χ3n) is 2.74. The molecule has 0 bridgehead atoms. The van der Waals surface area contributed by atoms with Gasteiger partial charge in [0, 0.05) is 0 Å². The number of aromatic nitrogens is 2. The van der Waals surface area contributed by atoms with E-state index in [1.54, 1.807) is 0 Å². The van der Waals surface area contributed by atoms with E-state index in [1.807, 2.05) is 0 Å². The first-order chi connectivity index (χ1) is 8.25. The Kier molecular flexibility index (Phi) is 3.81. The predicted octanol–water partition coefficient (Wildman–Crippen LogP) is 0.763. The Labute approximate surface area is 98.4 Å². The summed E-state index contributed by atoms with van der Waals surface area (Å²) in [5.41, 5.74) is -0.127. The maximum atomic E-state index is 10.4. The van der Waals surface area contributed by atoms with Crippen molar-refractivity contribution < 1.29 is 9.66 Å². The highest BCUT2D eigenvalue weighted by molar-refractivity contribution is 5.21. The molecular weight excluding hydrogens is 224 g/mol. The average Bonchev–Trinajstić information content (AvgIpc) is 2.83. The molecule has 2 heterocycles. The van der Waals surface area contributed by atoms with Gasteiger partial charge in [0.25, 0.3) is 0 Å². The maximum absolute atomic E-state index is 10.4. The first-order valence-corrected chi connectivity index (χ1v) is 5.55. The Bertz CT molecular complexity index is 376. The Morgan fingerprint density at radius 3 is 2.88 bits per heavy atom. The lowest BCUT2D eigenvalue weighted by Gasteiger charge is -2.08. The first kappa shape index (κ1) is 11.7. The smallest absolute Gasteiger partial charge is 0.316 e. The summed E-state index contributed by atoms with van der Waals surface area (Å²) in [5.74, 6) is 0.646. The van der Waals surface area contributed by atoms with Crippen LogP contribution in [-0.2, 0) is 0 Å². The highest BCUT2D eigenvalue weighted by atomic mass is 16.6. The fraction of sp³-hybridized carbons (Fsp3) is 0.600. The van der Waals surface area contributed by atoms with Crippen molar-refractivity contribution >= 4 is 5.69 Å². The molecule has 1 N–H and O–H groups in total. The van der Waals surface area contributed by atoms with Crippen molar-refractivity contribution in [1.82, 2.24) is 15.3 Å². The van der Waals surface area contributed by atoms with Crippen LogP contribution >= 0.6 is 0 Å². The summed E-state index contributed by atoms with van der Waals surface area (Å²) >= 11 is 0. The molecule has 7 heteroatoms. The third-order valence-corrected chi connectivity index (χ3v) is 2.74. The monoisotopic (exact) mass is 238 g/mol. The van der Waals surface area contributed by atoms with Crippen molar-refractivity contribution in [2.24, 2.45) is 5.92 Å². The SMILES string of the molecule is O=[N+]([O-])c1cnc(OCCC2CCNC2)nc1. The Morgan fingerprint density at radius 2 is 2.29 bits per heavy atom. The molecule has 1 unspecified atom stereocenters. The molecule has 0 amide bonds. The summed E-state index contributed by atoms with van der Waals surface area (Å²) < 4.78 is 5.33. The Balaban J connectivity index is 1.76. The Hall–Kier alpha value is -1.76. The number of hydrogen-bond donors (Lipinski definition) is 1. The summed E-state index contributed by atoms with van der Waals surface area (Å²) in [7, 11) is 0. The van der Waals surface area contributed by atoms with E-state index in [9.17, 15) is 10.1 Å². The molecule has 0 radical (unpaired) electrons. The van der Waals surface area contributed by atoms with Gasteiger partial charge in [-0.1, -0.05) is 0 Å². The quantitative estimate of drug-likeness (QED) is 0.601. The summed E-state index contributed by atoms with van der Waals surface area (Å²) in [5, 5.41) is 13.7. The molecule has 0 saturated carbocycles. The van der Waals surface area contributed by atoms with Gasteiger partial charge in [-0.3, -0.25) is 10.1 Å². The summed E-state index contributed by atoms with van der Waals surface area (Å²) in [6, 6.07) is 0.196. The van der Waals surface area contributed by atoms with E-state index in [1.165, 1.54) is 6.42 Å². The van der Waals surface area contributed by atoms with Crippen LogP contribution in [0.3, 0.4) is 0 Å². The summed E-state index contributed by atoms with van der Waals surface area (Å²) in [4.78, 5) is 17.4. The number of nitrogens with zero attached hydrogens (tertiary/aromatic N) is 3. The molecule has 1 aliphatic rings. The molecule has 1 atom stereocenters. The summed E-state index contributed by atoms with van der Waals surface area (Å²) in [6.07, 6.45) is 4.43. The van der Waals surface area contributed by atoms with Crippen LogP contribution in [0, 0.1) is 16.0 Å². The van der Waals surface area contributed by atoms with Gasteiger partial charge in [-0.25, -0.2) is 0 Å². The lowest BCUT2D eigenvalue weighted by molar-refractivity contribution is -0.385. The molecule has 0 aliphatic carbocycles. The second-order valence-corrected chi connectivity index (χ2v) is 3.98. The van der Waals surface area contributed by atoms with Crippen LogP contribution in [0.2, 0.25) is 0 Å². The van der Waals surface area contributed by atoms with E-state index in [0.717, 1.165) is 31.9 Å². The number of hydrogen-bond acceptors (Lipinski definition) is 6. The second-order valence-electron chi connectivity index (χ2n) is 3.98. The third kappa shape index (κ3) is 3.35. The number of rotatable bonds is 5.